The van der Waals surface area contributed by atoms with Gasteiger partial charge in [0.25, 0.3) is 5.91 Å². The number of aliphatic hydroxyl groups excluding tert-OH is 1. The van der Waals surface area contributed by atoms with Crippen LogP contribution in [0.2, 0.25) is 0 Å². The van der Waals surface area contributed by atoms with Gasteiger partial charge in [0, 0.05) is 12.8 Å². The first-order valence-corrected chi connectivity index (χ1v) is 5.45. The molecule has 0 bridgehead atoms. The van der Waals surface area contributed by atoms with Crippen LogP contribution in [0.15, 0.2) is 12.1 Å². The number of ether oxygens (including phenoxy) is 1. The van der Waals surface area contributed by atoms with Gasteiger partial charge in [-0.2, -0.15) is 0 Å². The van der Waals surface area contributed by atoms with Crippen LogP contribution in [0.4, 0.5) is 10.1 Å². The second-order valence-electron chi connectivity index (χ2n) is 4.01. The van der Waals surface area contributed by atoms with Crippen molar-refractivity contribution in [3.63, 3.8) is 0 Å². The monoisotopic (exact) mass is 256 g/mol. The maximum Gasteiger partial charge on any atom is 0.254 e. The first-order chi connectivity index (χ1) is 8.49. The molecule has 0 saturated carbocycles. The van der Waals surface area contributed by atoms with Crippen molar-refractivity contribution < 1.29 is 19.0 Å². The molecule has 1 aromatic carbocycles. The standard InChI is InChI=1S/C12H17FN2O3/c1-7-3-8(14)4-10(11(7)13)12(17)15-9(5-16)6-18-2/h3-4,9,16H,5-6,14H2,1-2H3,(H,15,17). The Hall–Kier alpha value is -1.66. The number of amides is 1. The molecule has 0 aliphatic carbocycles. The normalized spacial score (nSPS) is 12.2. The third-order valence-corrected chi connectivity index (χ3v) is 2.44. The number of aliphatic hydroxyl groups is 1. The molecule has 18 heavy (non-hydrogen) atoms. The molecule has 1 unspecified atom stereocenters. The van der Waals surface area contributed by atoms with Gasteiger partial charge in [-0.05, 0) is 24.6 Å². The van der Waals surface area contributed by atoms with E-state index in [0.717, 1.165) is 0 Å². The number of nitrogen functional groups attached to an aromatic ring is 1. The largest absolute Gasteiger partial charge is 0.399 e. The summed E-state index contributed by atoms with van der Waals surface area (Å²) in [7, 11) is 1.44. The Morgan fingerprint density at radius 3 is 2.83 bits per heavy atom. The van der Waals surface area contributed by atoms with Gasteiger partial charge in [-0.25, -0.2) is 4.39 Å². The highest BCUT2D eigenvalue weighted by molar-refractivity contribution is 5.95. The van der Waals surface area contributed by atoms with Gasteiger partial charge in [0.05, 0.1) is 24.8 Å². The number of rotatable bonds is 5. The molecule has 0 fully saturated rings. The summed E-state index contributed by atoms with van der Waals surface area (Å²) in [5.74, 6) is -1.24. The molecule has 1 aromatic rings. The summed E-state index contributed by atoms with van der Waals surface area (Å²) in [6, 6.07) is 2.13. The summed E-state index contributed by atoms with van der Waals surface area (Å²) < 4.78 is 18.6. The highest BCUT2D eigenvalue weighted by Gasteiger charge is 2.18. The maximum absolute atomic E-state index is 13.8. The summed E-state index contributed by atoms with van der Waals surface area (Å²) in [5, 5.41) is 11.5. The number of nitrogens with one attached hydrogen (secondary N) is 1. The van der Waals surface area contributed by atoms with Gasteiger partial charge in [0.15, 0.2) is 0 Å². The van der Waals surface area contributed by atoms with Crippen molar-refractivity contribution in [2.24, 2.45) is 0 Å². The van der Waals surface area contributed by atoms with Crippen molar-refractivity contribution in [1.29, 1.82) is 0 Å². The van der Waals surface area contributed by atoms with Crippen LogP contribution in [0.1, 0.15) is 15.9 Å². The second kappa shape index (κ2) is 6.32. The number of carbonyl (C=O) groups is 1. The Balaban J connectivity index is 2.90. The highest BCUT2D eigenvalue weighted by Crippen LogP contribution is 2.17. The number of anilines is 1. The maximum atomic E-state index is 13.8. The van der Waals surface area contributed by atoms with E-state index in [1.807, 2.05) is 0 Å². The summed E-state index contributed by atoms with van der Waals surface area (Å²) in [6.45, 7) is 1.38. The molecule has 0 aliphatic rings. The van der Waals surface area contributed by atoms with E-state index in [-0.39, 0.29) is 18.8 Å². The Kier molecular flexibility index (Phi) is 5.06. The number of benzene rings is 1. The molecular formula is C12H17FN2O3. The Morgan fingerprint density at radius 2 is 2.28 bits per heavy atom. The van der Waals surface area contributed by atoms with Crippen LogP contribution in [0.5, 0.6) is 0 Å². The van der Waals surface area contributed by atoms with Crippen molar-refractivity contribution in [2.75, 3.05) is 26.1 Å². The lowest BCUT2D eigenvalue weighted by Gasteiger charge is -2.16. The predicted octanol–water partition coefficient (Wildman–Crippen LogP) is 0.453. The quantitative estimate of drug-likeness (QED) is 0.668. The van der Waals surface area contributed by atoms with Gasteiger partial charge in [0.1, 0.15) is 5.82 Å². The highest BCUT2D eigenvalue weighted by atomic mass is 19.1. The van der Waals surface area contributed by atoms with Crippen LogP contribution < -0.4 is 11.1 Å². The summed E-state index contributed by atoms with van der Waals surface area (Å²) in [4.78, 5) is 11.8. The first-order valence-electron chi connectivity index (χ1n) is 5.45. The minimum Gasteiger partial charge on any atom is -0.399 e. The Labute approximate surface area is 105 Å². The van der Waals surface area contributed by atoms with E-state index in [2.05, 4.69) is 5.32 Å². The lowest BCUT2D eigenvalue weighted by Crippen LogP contribution is -2.41. The van der Waals surface area contributed by atoms with Crippen molar-refractivity contribution in [3.8, 4) is 0 Å². The molecular weight excluding hydrogens is 239 g/mol. The molecule has 1 rings (SSSR count). The summed E-state index contributed by atoms with van der Waals surface area (Å²) in [5.41, 5.74) is 6.04. The Bertz CT molecular complexity index is 438. The molecule has 6 heteroatoms. The van der Waals surface area contributed by atoms with Crippen LogP contribution in [0.3, 0.4) is 0 Å². The van der Waals surface area contributed by atoms with E-state index >= 15 is 0 Å². The number of aryl methyl sites for hydroxylation is 1. The van der Waals surface area contributed by atoms with Crippen LogP contribution >= 0.6 is 0 Å². The molecule has 0 saturated heterocycles. The molecule has 0 spiro atoms. The molecule has 5 nitrogen and oxygen atoms in total. The second-order valence-corrected chi connectivity index (χ2v) is 4.01. The third-order valence-electron chi connectivity index (χ3n) is 2.44. The lowest BCUT2D eigenvalue weighted by molar-refractivity contribution is 0.0836. The van der Waals surface area contributed by atoms with E-state index in [0.29, 0.717) is 11.3 Å². The molecule has 0 heterocycles. The minimum atomic E-state index is -0.626. The zero-order valence-corrected chi connectivity index (χ0v) is 10.4. The number of hydrogen-bond donors (Lipinski definition) is 3. The van der Waals surface area contributed by atoms with Crippen LogP contribution in [-0.2, 0) is 4.74 Å². The fraction of sp³-hybridized carbons (Fsp3) is 0.417. The van der Waals surface area contributed by atoms with Crippen molar-refractivity contribution in [1.82, 2.24) is 5.32 Å². The average molecular weight is 256 g/mol. The molecule has 1 amide bonds. The van der Waals surface area contributed by atoms with Crippen molar-refractivity contribution >= 4 is 11.6 Å². The molecule has 4 N–H and O–H groups in total. The zero-order chi connectivity index (χ0) is 13.7. The van der Waals surface area contributed by atoms with E-state index in [1.54, 1.807) is 0 Å². The van der Waals surface area contributed by atoms with Crippen LogP contribution in [0.25, 0.3) is 0 Å². The Morgan fingerprint density at radius 1 is 1.61 bits per heavy atom. The van der Waals surface area contributed by atoms with Crippen LogP contribution in [0, 0.1) is 12.7 Å². The SMILES string of the molecule is COCC(CO)NC(=O)c1cc(N)cc(C)c1F. The van der Waals surface area contributed by atoms with E-state index in [1.165, 1.54) is 26.2 Å². The topological polar surface area (TPSA) is 84.6 Å². The number of halogens is 1. The zero-order valence-electron chi connectivity index (χ0n) is 10.4. The van der Waals surface area contributed by atoms with Gasteiger partial charge < -0.3 is 20.9 Å². The van der Waals surface area contributed by atoms with Gasteiger partial charge in [-0.3, -0.25) is 4.79 Å². The third kappa shape index (κ3) is 3.41. The summed E-state index contributed by atoms with van der Waals surface area (Å²) in [6.07, 6.45) is 0. The molecule has 0 radical (unpaired) electrons. The number of nitrogens with two attached hydrogens (primary N) is 1. The van der Waals surface area contributed by atoms with E-state index in [4.69, 9.17) is 15.6 Å². The number of hydrogen-bond acceptors (Lipinski definition) is 4. The lowest BCUT2D eigenvalue weighted by atomic mass is 10.1. The van der Waals surface area contributed by atoms with Crippen LogP contribution in [-0.4, -0.2) is 37.4 Å². The minimum absolute atomic E-state index is 0.137. The van der Waals surface area contributed by atoms with E-state index < -0.39 is 17.8 Å². The van der Waals surface area contributed by atoms with Crippen molar-refractivity contribution in [3.05, 3.63) is 29.1 Å². The van der Waals surface area contributed by atoms with Gasteiger partial charge in [-0.1, -0.05) is 0 Å². The fourth-order valence-corrected chi connectivity index (χ4v) is 1.57. The average Bonchev–Trinajstić information content (AvgIpc) is 2.32. The molecule has 100 valence electrons. The van der Waals surface area contributed by atoms with Gasteiger partial charge in [0.2, 0.25) is 0 Å². The smallest absolute Gasteiger partial charge is 0.254 e. The number of methoxy groups -OCH3 is 1. The first kappa shape index (κ1) is 14.4. The number of carbonyl (C=O) groups excluding carboxylic acids is 1. The molecule has 0 aromatic heterocycles. The predicted molar refractivity (Wildman–Crippen MR) is 65.8 cm³/mol. The van der Waals surface area contributed by atoms with E-state index in [9.17, 15) is 9.18 Å². The van der Waals surface area contributed by atoms with Crippen molar-refractivity contribution in [2.45, 2.75) is 13.0 Å². The summed E-state index contributed by atoms with van der Waals surface area (Å²) >= 11 is 0. The molecule has 0 aliphatic heterocycles. The molecule has 1 atom stereocenters. The van der Waals surface area contributed by atoms with Gasteiger partial charge >= 0.3 is 0 Å². The fourth-order valence-electron chi connectivity index (χ4n) is 1.57. The van der Waals surface area contributed by atoms with Gasteiger partial charge in [-0.15, -0.1) is 0 Å².